The maximum Gasteiger partial charge on any atom is 0.270 e. The lowest BCUT2D eigenvalue weighted by Gasteiger charge is -2.32. The number of piperidine rings is 1. The van der Waals surface area contributed by atoms with Gasteiger partial charge in [-0.2, -0.15) is 0 Å². The van der Waals surface area contributed by atoms with Crippen LogP contribution in [0.15, 0.2) is 18.2 Å². The number of hydrogen-bond acceptors (Lipinski definition) is 4. The van der Waals surface area contributed by atoms with E-state index in [1.54, 1.807) is 6.07 Å². The zero-order valence-corrected chi connectivity index (χ0v) is 13.3. The van der Waals surface area contributed by atoms with Crippen LogP contribution in [0.25, 0.3) is 0 Å². The molecule has 0 unspecified atom stereocenters. The standard InChI is InChI=1S/C13H16IN3O3/c1-15-9-4-6-16(7-5-9)13(18)11-3-2-10(17(19)20)8-12(11)14/h2-3,8-9,15H,4-7H2,1H3. The van der Waals surface area contributed by atoms with Crippen molar-refractivity contribution in [2.45, 2.75) is 18.9 Å². The third-order valence-electron chi connectivity index (χ3n) is 3.58. The first-order valence-corrected chi connectivity index (χ1v) is 7.51. The molecule has 0 bridgehead atoms. The summed E-state index contributed by atoms with van der Waals surface area (Å²) in [4.78, 5) is 24.5. The lowest BCUT2D eigenvalue weighted by atomic mass is 10.0. The molecule has 0 saturated carbocycles. The molecule has 0 radical (unpaired) electrons. The number of rotatable bonds is 3. The number of nitrogens with one attached hydrogen (secondary N) is 1. The van der Waals surface area contributed by atoms with Crippen molar-refractivity contribution in [3.63, 3.8) is 0 Å². The Hall–Kier alpha value is -1.22. The molecule has 1 aliphatic rings. The van der Waals surface area contributed by atoms with Crippen LogP contribution in [-0.2, 0) is 0 Å². The van der Waals surface area contributed by atoms with Gasteiger partial charge in [-0.1, -0.05) is 0 Å². The van der Waals surface area contributed by atoms with Gasteiger partial charge in [-0.25, -0.2) is 0 Å². The monoisotopic (exact) mass is 389 g/mol. The number of hydrogen-bond donors (Lipinski definition) is 1. The Morgan fingerprint density at radius 3 is 2.60 bits per heavy atom. The van der Waals surface area contributed by atoms with E-state index in [-0.39, 0.29) is 11.6 Å². The van der Waals surface area contributed by atoms with Crippen molar-refractivity contribution in [3.05, 3.63) is 37.4 Å². The number of carbonyl (C=O) groups excluding carboxylic acids is 1. The van der Waals surface area contributed by atoms with Crippen LogP contribution in [0.2, 0.25) is 0 Å². The van der Waals surface area contributed by atoms with Crippen LogP contribution in [-0.4, -0.2) is 41.9 Å². The predicted octanol–water partition coefficient (Wildman–Crippen LogP) is 2.02. The molecule has 1 aliphatic heterocycles. The van der Waals surface area contributed by atoms with Crippen molar-refractivity contribution >= 4 is 34.2 Å². The van der Waals surface area contributed by atoms with Gasteiger partial charge in [-0.15, -0.1) is 0 Å². The molecule has 1 fully saturated rings. The lowest BCUT2D eigenvalue weighted by Crippen LogP contribution is -2.44. The maximum atomic E-state index is 12.4. The Kier molecular flexibility index (Phi) is 4.92. The van der Waals surface area contributed by atoms with Crippen LogP contribution in [0.1, 0.15) is 23.2 Å². The van der Waals surface area contributed by atoms with Gasteiger partial charge in [-0.3, -0.25) is 14.9 Å². The summed E-state index contributed by atoms with van der Waals surface area (Å²) in [5, 5.41) is 13.9. The first-order chi connectivity index (χ1) is 9.52. The third-order valence-corrected chi connectivity index (χ3v) is 4.48. The van der Waals surface area contributed by atoms with E-state index in [2.05, 4.69) is 5.32 Å². The van der Waals surface area contributed by atoms with Gasteiger partial charge in [0.15, 0.2) is 0 Å². The zero-order valence-electron chi connectivity index (χ0n) is 11.1. The summed E-state index contributed by atoms with van der Waals surface area (Å²) in [6, 6.07) is 4.84. The minimum atomic E-state index is -0.450. The molecule has 0 aromatic heterocycles. The van der Waals surface area contributed by atoms with Gasteiger partial charge in [0.2, 0.25) is 0 Å². The van der Waals surface area contributed by atoms with Gasteiger partial charge in [0, 0.05) is 34.8 Å². The van der Waals surface area contributed by atoms with E-state index in [4.69, 9.17) is 0 Å². The van der Waals surface area contributed by atoms with Gasteiger partial charge >= 0.3 is 0 Å². The van der Waals surface area contributed by atoms with Crippen LogP contribution < -0.4 is 5.32 Å². The predicted molar refractivity (Wildman–Crippen MR) is 83.8 cm³/mol. The highest BCUT2D eigenvalue weighted by Gasteiger charge is 2.24. The van der Waals surface area contributed by atoms with Gasteiger partial charge in [0.25, 0.3) is 11.6 Å². The van der Waals surface area contributed by atoms with Crippen LogP contribution in [0, 0.1) is 13.7 Å². The normalized spacial score (nSPS) is 16.2. The molecule has 1 N–H and O–H groups in total. The van der Waals surface area contributed by atoms with E-state index in [9.17, 15) is 14.9 Å². The van der Waals surface area contributed by atoms with E-state index < -0.39 is 4.92 Å². The molecular weight excluding hydrogens is 373 g/mol. The van der Waals surface area contributed by atoms with Crippen molar-refractivity contribution in [1.82, 2.24) is 10.2 Å². The van der Waals surface area contributed by atoms with Crippen molar-refractivity contribution in [1.29, 1.82) is 0 Å². The Balaban J connectivity index is 2.12. The molecule has 1 aromatic rings. The summed E-state index contributed by atoms with van der Waals surface area (Å²) in [6.45, 7) is 1.44. The van der Waals surface area contributed by atoms with E-state index in [1.165, 1.54) is 12.1 Å². The summed E-state index contributed by atoms with van der Waals surface area (Å²) in [5.41, 5.74) is 0.555. The number of amides is 1. The minimum Gasteiger partial charge on any atom is -0.338 e. The van der Waals surface area contributed by atoms with E-state index in [1.807, 2.05) is 34.5 Å². The van der Waals surface area contributed by atoms with E-state index in [0.29, 0.717) is 15.2 Å². The van der Waals surface area contributed by atoms with Crippen molar-refractivity contribution in [2.75, 3.05) is 20.1 Å². The fourth-order valence-electron chi connectivity index (χ4n) is 2.33. The number of benzene rings is 1. The number of halogens is 1. The van der Waals surface area contributed by atoms with Crippen molar-refractivity contribution in [3.8, 4) is 0 Å². The molecular formula is C13H16IN3O3. The molecule has 0 atom stereocenters. The van der Waals surface area contributed by atoms with Crippen LogP contribution in [0.5, 0.6) is 0 Å². The second-order valence-corrected chi connectivity index (χ2v) is 5.94. The average molecular weight is 389 g/mol. The topological polar surface area (TPSA) is 75.5 Å². The summed E-state index contributed by atoms with van der Waals surface area (Å²) in [5.74, 6) is -0.0427. The van der Waals surface area contributed by atoms with Gasteiger partial charge in [0.1, 0.15) is 0 Å². The lowest BCUT2D eigenvalue weighted by molar-refractivity contribution is -0.384. The number of likely N-dealkylation sites (tertiary alicyclic amines) is 1. The van der Waals surface area contributed by atoms with Gasteiger partial charge in [0.05, 0.1) is 10.5 Å². The van der Waals surface area contributed by atoms with Crippen LogP contribution in [0.3, 0.4) is 0 Å². The Bertz CT molecular complexity index is 528. The average Bonchev–Trinajstić information content (AvgIpc) is 2.46. The molecule has 6 nitrogen and oxygen atoms in total. The second-order valence-electron chi connectivity index (χ2n) is 4.78. The largest absolute Gasteiger partial charge is 0.338 e. The molecule has 1 heterocycles. The number of nitrogens with zero attached hydrogens (tertiary/aromatic N) is 2. The fourth-order valence-corrected chi connectivity index (χ4v) is 3.06. The van der Waals surface area contributed by atoms with Crippen LogP contribution in [0.4, 0.5) is 5.69 Å². The van der Waals surface area contributed by atoms with Crippen molar-refractivity contribution in [2.24, 2.45) is 0 Å². The number of non-ortho nitro benzene ring substituents is 1. The Labute approximate surface area is 130 Å². The number of carbonyl (C=O) groups is 1. The number of nitro groups is 1. The summed E-state index contributed by atoms with van der Waals surface area (Å²) < 4.78 is 0.623. The van der Waals surface area contributed by atoms with Gasteiger partial charge in [-0.05, 0) is 48.5 Å². The fraction of sp³-hybridized carbons (Fsp3) is 0.462. The van der Waals surface area contributed by atoms with E-state index >= 15 is 0 Å². The quantitative estimate of drug-likeness (QED) is 0.488. The minimum absolute atomic E-state index is 0.0137. The first-order valence-electron chi connectivity index (χ1n) is 6.43. The van der Waals surface area contributed by atoms with E-state index in [0.717, 1.165) is 25.9 Å². The molecule has 0 aliphatic carbocycles. The van der Waals surface area contributed by atoms with Crippen molar-refractivity contribution < 1.29 is 9.72 Å². The molecule has 1 saturated heterocycles. The van der Waals surface area contributed by atoms with Crippen LogP contribution >= 0.6 is 22.6 Å². The first kappa shape index (κ1) is 15.2. The highest BCUT2D eigenvalue weighted by atomic mass is 127. The summed E-state index contributed by atoms with van der Waals surface area (Å²) in [6.07, 6.45) is 1.87. The molecule has 1 aromatic carbocycles. The highest BCUT2D eigenvalue weighted by Crippen LogP contribution is 2.22. The zero-order chi connectivity index (χ0) is 14.7. The smallest absolute Gasteiger partial charge is 0.270 e. The SMILES string of the molecule is CNC1CCN(C(=O)c2ccc([N+](=O)[O-])cc2I)CC1. The molecule has 7 heteroatoms. The Morgan fingerprint density at radius 2 is 2.10 bits per heavy atom. The summed E-state index contributed by atoms with van der Waals surface area (Å²) >= 11 is 1.98. The molecule has 0 spiro atoms. The van der Waals surface area contributed by atoms with Gasteiger partial charge < -0.3 is 10.2 Å². The third kappa shape index (κ3) is 3.26. The number of nitro benzene ring substituents is 1. The molecule has 1 amide bonds. The maximum absolute atomic E-state index is 12.4. The second kappa shape index (κ2) is 6.49. The Morgan fingerprint density at radius 1 is 1.45 bits per heavy atom. The molecule has 20 heavy (non-hydrogen) atoms. The molecule has 108 valence electrons. The highest BCUT2D eigenvalue weighted by molar-refractivity contribution is 14.1. The summed E-state index contributed by atoms with van der Waals surface area (Å²) in [7, 11) is 1.93. The molecule has 2 rings (SSSR count).